The topological polar surface area (TPSA) is 59.8 Å². The van der Waals surface area contributed by atoms with Crippen LogP contribution in [0.1, 0.15) is 36.8 Å². The molecule has 0 fully saturated rings. The Bertz CT molecular complexity index is 1400. The normalized spacial score (nSPS) is 12.4. The Hall–Kier alpha value is -2.58. The van der Waals surface area contributed by atoms with Crippen LogP contribution in [-0.4, -0.2) is 26.6 Å². The SMILES string of the molecule is CC(C)(CCl)C(=O)NC(Cc1ccccc1)c1nnc(SCc2ccc(F)cc2)n1-c1ccc(Cl)cc1Cl. The standard InChI is InChI=1S/C28H26Cl3FN4OS/c1-28(2,17-29)26(37)33-23(14-18-6-4-3-5-7-18)25-34-35-27(38-16-19-8-11-21(32)12-9-19)36(25)24-13-10-20(30)15-22(24)31/h3-13,15,23H,14,16-17H2,1-2H3,(H,33,37). The molecule has 1 unspecified atom stereocenters. The third-order valence-corrected chi connectivity index (χ3v) is 8.14. The number of aromatic nitrogens is 3. The van der Waals surface area contributed by atoms with Crippen LogP contribution >= 0.6 is 46.6 Å². The van der Waals surface area contributed by atoms with E-state index in [1.807, 2.05) is 34.9 Å². The second-order valence-corrected chi connectivity index (χ2v) is 11.5. The highest BCUT2D eigenvalue weighted by Crippen LogP contribution is 2.33. The number of hydrogen-bond donors (Lipinski definition) is 1. The molecule has 0 aliphatic carbocycles. The zero-order valence-corrected chi connectivity index (χ0v) is 23.9. The van der Waals surface area contributed by atoms with Gasteiger partial charge in [0.25, 0.3) is 0 Å². The molecule has 0 bridgehead atoms. The third kappa shape index (κ3) is 6.89. The summed E-state index contributed by atoms with van der Waals surface area (Å²) in [5, 5.41) is 13.6. The quantitative estimate of drug-likeness (QED) is 0.152. The summed E-state index contributed by atoms with van der Waals surface area (Å²) in [5.41, 5.74) is 1.77. The van der Waals surface area contributed by atoms with Crippen LogP contribution in [0.25, 0.3) is 5.69 Å². The van der Waals surface area contributed by atoms with Crippen molar-refractivity contribution < 1.29 is 9.18 Å². The van der Waals surface area contributed by atoms with Gasteiger partial charge in [-0.2, -0.15) is 0 Å². The first-order chi connectivity index (χ1) is 18.2. The Balaban J connectivity index is 1.78. The molecule has 1 N–H and O–H groups in total. The monoisotopic (exact) mass is 590 g/mol. The molecule has 0 saturated carbocycles. The second kappa shape index (κ2) is 12.5. The van der Waals surface area contributed by atoms with Crippen molar-refractivity contribution in [1.82, 2.24) is 20.1 Å². The van der Waals surface area contributed by atoms with E-state index in [9.17, 15) is 9.18 Å². The highest BCUT2D eigenvalue weighted by molar-refractivity contribution is 7.98. The number of benzene rings is 3. The minimum atomic E-state index is -0.792. The smallest absolute Gasteiger partial charge is 0.227 e. The first-order valence-electron chi connectivity index (χ1n) is 11.9. The van der Waals surface area contributed by atoms with Gasteiger partial charge in [-0.3, -0.25) is 9.36 Å². The Kier molecular flexibility index (Phi) is 9.36. The molecule has 1 aromatic heterocycles. The molecule has 1 heterocycles. The second-order valence-electron chi connectivity index (χ2n) is 9.42. The molecule has 4 rings (SSSR count). The van der Waals surface area contributed by atoms with E-state index in [2.05, 4.69) is 15.5 Å². The average molecular weight is 592 g/mol. The Morgan fingerprint density at radius 2 is 1.74 bits per heavy atom. The molecule has 0 aliphatic rings. The molecule has 0 aliphatic heterocycles. The minimum Gasteiger partial charge on any atom is -0.345 e. The van der Waals surface area contributed by atoms with Crippen LogP contribution in [0, 0.1) is 11.2 Å². The summed E-state index contributed by atoms with van der Waals surface area (Å²) in [4.78, 5) is 13.2. The molecule has 198 valence electrons. The predicted molar refractivity (Wildman–Crippen MR) is 153 cm³/mol. The molecule has 1 amide bonds. The Morgan fingerprint density at radius 1 is 1.03 bits per heavy atom. The van der Waals surface area contributed by atoms with Crippen molar-refractivity contribution in [3.63, 3.8) is 0 Å². The molecular weight excluding hydrogens is 566 g/mol. The summed E-state index contributed by atoms with van der Waals surface area (Å²) >= 11 is 20.4. The Labute approximate surface area is 240 Å². The number of nitrogens with zero attached hydrogens (tertiary/aromatic N) is 3. The number of alkyl halides is 1. The van der Waals surface area contributed by atoms with E-state index in [0.29, 0.717) is 38.9 Å². The number of rotatable bonds is 10. The highest BCUT2D eigenvalue weighted by atomic mass is 35.5. The number of carbonyl (C=O) groups is 1. The van der Waals surface area contributed by atoms with Crippen LogP contribution in [0.2, 0.25) is 10.0 Å². The number of carbonyl (C=O) groups excluding carboxylic acids is 1. The molecule has 5 nitrogen and oxygen atoms in total. The molecule has 38 heavy (non-hydrogen) atoms. The van der Waals surface area contributed by atoms with E-state index in [1.165, 1.54) is 23.9 Å². The summed E-state index contributed by atoms with van der Waals surface area (Å²) in [6.45, 7) is 3.58. The maximum Gasteiger partial charge on any atom is 0.227 e. The van der Waals surface area contributed by atoms with Crippen molar-refractivity contribution in [3.05, 3.63) is 106 Å². The number of thioether (sulfide) groups is 1. The maximum absolute atomic E-state index is 13.4. The van der Waals surface area contributed by atoms with Gasteiger partial charge >= 0.3 is 0 Å². The van der Waals surface area contributed by atoms with E-state index >= 15 is 0 Å². The lowest BCUT2D eigenvalue weighted by Gasteiger charge is -2.26. The average Bonchev–Trinajstić information content (AvgIpc) is 3.32. The van der Waals surface area contributed by atoms with Crippen LogP contribution in [0.3, 0.4) is 0 Å². The van der Waals surface area contributed by atoms with Crippen molar-refractivity contribution >= 4 is 52.5 Å². The van der Waals surface area contributed by atoms with Crippen LogP contribution in [0.5, 0.6) is 0 Å². The van der Waals surface area contributed by atoms with Gasteiger partial charge in [0.1, 0.15) is 5.82 Å². The van der Waals surface area contributed by atoms with Gasteiger partial charge in [0.05, 0.1) is 22.2 Å². The molecule has 0 spiro atoms. The minimum absolute atomic E-state index is 0.158. The fourth-order valence-electron chi connectivity index (χ4n) is 3.69. The fourth-order valence-corrected chi connectivity index (χ4v) is 5.21. The number of nitrogens with one attached hydrogen (secondary N) is 1. The van der Waals surface area contributed by atoms with E-state index in [0.717, 1.165) is 11.1 Å². The van der Waals surface area contributed by atoms with E-state index in [4.69, 9.17) is 34.8 Å². The molecule has 0 saturated heterocycles. The maximum atomic E-state index is 13.4. The molecule has 4 aromatic rings. The number of amides is 1. The van der Waals surface area contributed by atoms with E-state index in [1.54, 1.807) is 44.2 Å². The van der Waals surface area contributed by atoms with Crippen LogP contribution < -0.4 is 5.32 Å². The fraction of sp³-hybridized carbons (Fsp3) is 0.250. The summed E-state index contributed by atoms with van der Waals surface area (Å²) in [7, 11) is 0. The van der Waals surface area contributed by atoms with Crippen molar-refractivity contribution in [3.8, 4) is 5.69 Å². The summed E-state index contributed by atoms with van der Waals surface area (Å²) < 4.78 is 15.2. The van der Waals surface area contributed by atoms with Crippen molar-refractivity contribution in [2.75, 3.05) is 5.88 Å². The Morgan fingerprint density at radius 3 is 2.39 bits per heavy atom. The largest absolute Gasteiger partial charge is 0.345 e. The van der Waals surface area contributed by atoms with E-state index < -0.39 is 11.5 Å². The van der Waals surface area contributed by atoms with E-state index in [-0.39, 0.29) is 17.6 Å². The van der Waals surface area contributed by atoms with Crippen LogP contribution in [0.4, 0.5) is 4.39 Å². The van der Waals surface area contributed by atoms with Gasteiger partial charge in [-0.1, -0.05) is 77.4 Å². The molecular formula is C28H26Cl3FN4OS. The zero-order valence-electron chi connectivity index (χ0n) is 20.8. The zero-order chi connectivity index (χ0) is 27.3. The van der Waals surface area contributed by atoms with Crippen molar-refractivity contribution in [2.24, 2.45) is 5.41 Å². The first kappa shape index (κ1) is 28.4. The number of halogens is 4. The highest BCUT2D eigenvalue weighted by Gasteiger charge is 2.32. The molecule has 0 radical (unpaired) electrons. The molecule has 10 heteroatoms. The summed E-state index contributed by atoms with van der Waals surface area (Å²) in [6, 6.07) is 20.8. The van der Waals surface area contributed by atoms with Gasteiger partial charge in [-0.05, 0) is 61.7 Å². The lowest BCUT2D eigenvalue weighted by Crippen LogP contribution is -2.41. The van der Waals surface area contributed by atoms with Gasteiger partial charge < -0.3 is 5.32 Å². The number of hydrogen-bond acceptors (Lipinski definition) is 4. The first-order valence-corrected chi connectivity index (χ1v) is 14.1. The van der Waals surface area contributed by atoms with Crippen LogP contribution in [-0.2, 0) is 17.0 Å². The summed E-state index contributed by atoms with van der Waals surface area (Å²) in [5.74, 6) is 0.699. The van der Waals surface area contributed by atoms with Gasteiger partial charge in [0.15, 0.2) is 11.0 Å². The molecule has 3 aromatic carbocycles. The van der Waals surface area contributed by atoms with Crippen LogP contribution in [0.15, 0.2) is 78.0 Å². The van der Waals surface area contributed by atoms with Gasteiger partial charge in [-0.15, -0.1) is 21.8 Å². The van der Waals surface area contributed by atoms with Crippen molar-refractivity contribution in [2.45, 2.75) is 37.2 Å². The van der Waals surface area contributed by atoms with Crippen molar-refractivity contribution in [1.29, 1.82) is 0 Å². The summed E-state index contributed by atoms with van der Waals surface area (Å²) in [6.07, 6.45) is 0.469. The lowest BCUT2D eigenvalue weighted by molar-refractivity contribution is -0.129. The van der Waals surface area contributed by atoms with Gasteiger partial charge in [0.2, 0.25) is 5.91 Å². The van der Waals surface area contributed by atoms with Gasteiger partial charge in [0, 0.05) is 16.7 Å². The van der Waals surface area contributed by atoms with Gasteiger partial charge in [-0.25, -0.2) is 4.39 Å². The lowest BCUT2D eigenvalue weighted by atomic mass is 9.94. The third-order valence-electron chi connectivity index (χ3n) is 5.94. The predicted octanol–water partition coefficient (Wildman–Crippen LogP) is 7.67. The molecule has 1 atom stereocenters.